The standard InChI is InChI=1S/C26H34N6O/c1-3-9-24-23(18-28-32(24)20-22-10-5-4-6-11-22)26(33)29-21(2)19-30-14-16-31(17-15-30)25-12-7-8-13-27-25/h4-8,10-13,18,21H,3,9,14-17,19-20H2,1-2H3,(H,29,33). The summed E-state index contributed by atoms with van der Waals surface area (Å²) in [6.45, 7) is 9.56. The Morgan fingerprint density at radius 2 is 1.82 bits per heavy atom. The van der Waals surface area contributed by atoms with E-state index in [1.54, 1.807) is 6.20 Å². The van der Waals surface area contributed by atoms with Crippen molar-refractivity contribution in [2.24, 2.45) is 0 Å². The Bertz CT molecular complexity index is 1010. The summed E-state index contributed by atoms with van der Waals surface area (Å²) in [5.74, 6) is 1.01. The predicted octanol–water partition coefficient (Wildman–Crippen LogP) is 3.22. The number of benzene rings is 1. The number of amides is 1. The van der Waals surface area contributed by atoms with Crippen LogP contribution in [0, 0.1) is 0 Å². The molecule has 0 spiro atoms. The van der Waals surface area contributed by atoms with Gasteiger partial charge in [0.1, 0.15) is 5.82 Å². The second-order valence-electron chi connectivity index (χ2n) is 8.75. The second kappa shape index (κ2) is 11.1. The smallest absolute Gasteiger partial charge is 0.255 e. The number of nitrogens with zero attached hydrogens (tertiary/aromatic N) is 5. The minimum atomic E-state index is -0.0302. The van der Waals surface area contributed by atoms with Gasteiger partial charge < -0.3 is 10.2 Å². The average molecular weight is 447 g/mol. The third kappa shape index (κ3) is 5.99. The minimum absolute atomic E-state index is 0.0302. The van der Waals surface area contributed by atoms with Gasteiger partial charge in [-0.2, -0.15) is 5.10 Å². The zero-order valence-electron chi connectivity index (χ0n) is 19.7. The molecule has 0 bridgehead atoms. The van der Waals surface area contributed by atoms with Gasteiger partial charge in [0.05, 0.1) is 24.0 Å². The van der Waals surface area contributed by atoms with E-state index >= 15 is 0 Å². The summed E-state index contributed by atoms with van der Waals surface area (Å²) in [4.78, 5) is 22.3. The lowest BCUT2D eigenvalue weighted by atomic mass is 10.1. The monoisotopic (exact) mass is 446 g/mol. The molecule has 1 aliphatic heterocycles. The highest BCUT2D eigenvalue weighted by Gasteiger charge is 2.22. The highest BCUT2D eigenvalue weighted by Crippen LogP contribution is 2.15. The van der Waals surface area contributed by atoms with Gasteiger partial charge >= 0.3 is 0 Å². The van der Waals surface area contributed by atoms with Crippen molar-refractivity contribution in [2.45, 2.75) is 39.3 Å². The molecule has 1 unspecified atom stereocenters. The fourth-order valence-corrected chi connectivity index (χ4v) is 4.43. The number of anilines is 1. The highest BCUT2D eigenvalue weighted by molar-refractivity contribution is 5.95. The number of piperazine rings is 1. The van der Waals surface area contributed by atoms with Crippen LogP contribution >= 0.6 is 0 Å². The molecule has 1 aliphatic rings. The zero-order valence-corrected chi connectivity index (χ0v) is 19.7. The van der Waals surface area contributed by atoms with Gasteiger partial charge in [-0.3, -0.25) is 14.4 Å². The number of aromatic nitrogens is 3. The van der Waals surface area contributed by atoms with Gasteiger partial charge in [0.15, 0.2) is 0 Å². The summed E-state index contributed by atoms with van der Waals surface area (Å²) in [5.41, 5.74) is 2.89. The number of hydrogen-bond donors (Lipinski definition) is 1. The first-order valence-electron chi connectivity index (χ1n) is 11.9. The Hall–Kier alpha value is -3.19. The molecule has 1 aromatic carbocycles. The number of carbonyl (C=O) groups excluding carboxylic acids is 1. The molecular weight excluding hydrogens is 412 g/mol. The number of pyridine rings is 1. The minimum Gasteiger partial charge on any atom is -0.354 e. The number of hydrogen-bond acceptors (Lipinski definition) is 5. The lowest BCUT2D eigenvalue weighted by Gasteiger charge is -2.36. The Balaban J connectivity index is 1.32. The fourth-order valence-electron chi connectivity index (χ4n) is 4.43. The van der Waals surface area contributed by atoms with Crippen LogP contribution < -0.4 is 10.2 Å². The van der Waals surface area contributed by atoms with Gasteiger partial charge in [-0.15, -0.1) is 0 Å². The molecule has 4 rings (SSSR count). The lowest BCUT2D eigenvalue weighted by molar-refractivity contribution is 0.0927. The van der Waals surface area contributed by atoms with E-state index in [0.29, 0.717) is 12.1 Å². The van der Waals surface area contributed by atoms with Crippen LogP contribution in [-0.4, -0.2) is 64.3 Å². The second-order valence-corrected chi connectivity index (χ2v) is 8.75. The molecule has 33 heavy (non-hydrogen) atoms. The molecule has 7 heteroatoms. The quantitative estimate of drug-likeness (QED) is 0.547. The first-order valence-corrected chi connectivity index (χ1v) is 11.9. The van der Waals surface area contributed by atoms with Crippen LogP contribution in [0.1, 0.15) is 41.9 Å². The summed E-state index contributed by atoms with van der Waals surface area (Å²) < 4.78 is 1.97. The van der Waals surface area contributed by atoms with Crippen molar-refractivity contribution < 1.29 is 4.79 Å². The molecule has 1 N–H and O–H groups in total. The summed E-state index contributed by atoms with van der Waals surface area (Å²) in [5, 5.41) is 7.75. The molecule has 3 heterocycles. The maximum Gasteiger partial charge on any atom is 0.255 e. The van der Waals surface area contributed by atoms with E-state index in [4.69, 9.17) is 0 Å². The van der Waals surface area contributed by atoms with E-state index in [1.165, 1.54) is 5.56 Å². The Kier molecular flexibility index (Phi) is 7.73. The normalized spacial score (nSPS) is 15.4. The van der Waals surface area contributed by atoms with Gasteiger partial charge in [0.25, 0.3) is 5.91 Å². The van der Waals surface area contributed by atoms with Crippen molar-refractivity contribution in [3.63, 3.8) is 0 Å². The molecule has 1 amide bonds. The number of nitrogens with one attached hydrogen (secondary N) is 1. The van der Waals surface area contributed by atoms with Gasteiger partial charge in [-0.25, -0.2) is 4.98 Å². The van der Waals surface area contributed by atoms with E-state index in [1.807, 2.05) is 41.2 Å². The first kappa shape index (κ1) is 23.0. The number of rotatable bonds is 9. The maximum absolute atomic E-state index is 13.1. The molecule has 3 aromatic rings. The Labute approximate surface area is 196 Å². The summed E-state index contributed by atoms with van der Waals surface area (Å²) in [6, 6.07) is 16.4. The van der Waals surface area contributed by atoms with Crippen LogP contribution in [0.2, 0.25) is 0 Å². The average Bonchev–Trinajstić information content (AvgIpc) is 3.23. The van der Waals surface area contributed by atoms with Crippen molar-refractivity contribution in [1.29, 1.82) is 0 Å². The van der Waals surface area contributed by atoms with Gasteiger partial charge in [-0.05, 0) is 31.0 Å². The van der Waals surface area contributed by atoms with Crippen LogP contribution in [0.3, 0.4) is 0 Å². The van der Waals surface area contributed by atoms with Gasteiger partial charge in [-0.1, -0.05) is 49.7 Å². The van der Waals surface area contributed by atoms with Crippen molar-refractivity contribution in [1.82, 2.24) is 25.0 Å². The molecule has 0 saturated carbocycles. The highest BCUT2D eigenvalue weighted by atomic mass is 16.1. The third-order valence-corrected chi connectivity index (χ3v) is 6.11. The fraction of sp³-hybridized carbons (Fsp3) is 0.423. The molecule has 2 aromatic heterocycles. The molecule has 7 nitrogen and oxygen atoms in total. The largest absolute Gasteiger partial charge is 0.354 e. The van der Waals surface area contributed by atoms with E-state index in [2.05, 4.69) is 57.2 Å². The molecule has 1 saturated heterocycles. The van der Waals surface area contributed by atoms with Crippen LogP contribution in [0.4, 0.5) is 5.82 Å². The van der Waals surface area contributed by atoms with Gasteiger partial charge in [0, 0.05) is 45.0 Å². The van der Waals surface area contributed by atoms with E-state index in [-0.39, 0.29) is 11.9 Å². The Morgan fingerprint density at radius 1 is 1.06 bits per heavy atom. The summed E-state index contributed by atoms with van der Waals surface area (Å²) in [6.07, 6.45) is 5.37. The summed E-state index contributed by atoms with van der Waals surface area (Å²) >= 11 is 0. The van der Waals surface area contributed by atoms with Crippen molar-refractivity contribution in [3.8, 4) is 0 Å². The van der Waals surface area contributed by atoms with Crippen molar-refractivity contribution in [3.05, 3.63) is 77.7 Å². The van der Waals surface area contributed by atoms with Gasteiger partial charge in [0.2, 0.25) is 0 Å². The van der Waals surface area contributed by atoms with E-state index in [0.717, 1.165) is 57.1 Å². The Morgan fingerprint density at radius 3 is 2.52 bits per heavy atom. The zero-order chi connectivity index (χ0) is 23.0. The topological polar surface area (TPSA) is 66.3 Å². The van der Waals surface area contributed by atoms with E-state index in [9.17, 15) is 4.79 Å². The van der Waals surface area contributed by atoms with Crippen LogP contribution in [0.5, 0.6) is 0 Å². The third-order valence-electron chi connectivity index (χ3n) is 6.11. The lowest BCUT2D eigenvalue weighted by Crippen LogP contribution is -2.51. The SMILES string of the molecule is CCCc1c(C(=O)NC(C)CN2CCN(c3ccccn3)CC2)cnn1Cc1ccccc1. The molecular formula is C26H34N6O. The predicted molar refractivity (Wildman–Crippen MR) is 132 cm³/mol. The van der Waals surface area contributed by atoms with Crippen LogP contribution in [0.15, 0.2) is 60.9 Å². The maximum atomic E-state index is 13.1. The summed E-state index contributed by atoms with van der Waals surface area (Å²) in [7, 11) is 0. The van der Waals surface area contributed by atoms with Crippen molar-refractivity contribution in [2.75, 3.05) is 37.6 Å². The molecule has 1 atom stereocenters. The first-order chi connectivity index (χ1) is 16.1. The molecule has 0 radical (unpaired) electrons. The van der Waals surface area contributed by atoms with Crippen molar-refractivity contribution >= 4 is 11.7 Å². The van der Waals surface area contributed by atoms with Crippen LogP contribution in [-0.2, 0) is 13.0 Å². The number of carbonyl (C=O) groups is 1. The molecule has 174 valence electrons. The van der Waals surface area contributed by atoms with Crippen LogP contribution in [0.25, 0.3) is 0 Å². The molecule has 1 fully saturated rings. The van der Waals surface area contributed by atoms with E-state index < -0.39 is 0 Å². The molecule has 0 aliphatic carbocycles.